The van der Waals surface area contributed by atoms with Crippen molar-refractivity contribution in [3.8, 4) is 0 Å². The summed E-state index contributed by atoms with van der Waals surface area (Å²) in [4.78, 5) is 12.1. The maximum absolute atomic E-state index is 12.5. The van der Waals surface area contributed by atoms with Crippen LogP contribution in [0.3, 0.4) is 0 Å². The monoisotopic (exact) mass is 440 g/mol. The normalized spacial score (nSPS) is 11.4. The van der Waals surface area contributed by atoms with Gasteiger partial charge in [0.2, 0.25) is 5.91 Å². The second-order valence-electron chi connectivity index (χ2n) is 6.51. The lowest BCUT2D eigenvalue weighted by molar-refractivity contribution is -0.116. The summed E-state index contributed by atoms with van der Waals surface area (Å²) in [6.45, 7) is 0.540. The minimum absolute atomic E-state index is 0.104. The number of carbonyl (C=O) groups excluding carboxylic acids is 1. The number of anilines is 1. The molecule has 0 bridgehead atoms. The molecule has 0 aromatic heterocycles. The second kappa shape index (κ2) is 10.1. The fourth-order valence-corrected chi connectivity index (χ4v) is 4.03. The van der Waals surface area contributed by atoms with Crippen LogP contribution in [0.15, 0.2) is 89.8 Å². The minimum atomic E-state index is -3.76. The maximum Gasteiger partial charge on any atom is 0.261 e. The van der Waals surface area contributed by atoms with Gasteiger partial charge in [0.15, 0.2) is 0 Å². The van der Waals surface area contributed by atoms with Gasteiger partial charge in [-0.15, -0.1) is 0 Å². The molecule has 3 rings (SSSR count). The van der Waals surface area contributed by atoms with Crippen molar-refractivity contribution in [2.24, 2.45) is 0 Å². The summed E-state index contributed by atoms with van der Waals surface area (Å²) in [6.07, 6.45) is 3.82. The van der Waals surface area contributed by atoms with E-state index in [9.17, 15) is 13.2 Å². The van der Waals surface area contributed by atoms with Crippen LogP contribution in [0.1, 0.15) is 11.1 Å². The molecule has 0 fully saturated rings. The Morgan fingerprint density at radius 3 is 2.27 bits per heavy atom. The molecule has 0 radical (unpaired) electrons. The number of halogens is 1. The summed E-state index contributed by atoms with van der Waals surface area (Å²) >= 11 is 6.01. The molecule has 5 nitrogen and oxygen atoms in total. The van der Waals surface area contributed by atoms with Crippen molar-refractivity contribution in [1.82, 2.24) is 5.32 Å². The van der Waals surface area contributed by atoms with Crippen molar-refractivity contribution in [2.75, 3.05) is 11.3 Å². The van der Waals surface area contributed by atoms with Crippen molar-refractivity contribution in [2.45, 2.75) is 11.3 Å². The Hall–Kier alpha value is -3.09. The van der Waals surface area contributed by atoms with Gasteiger partial charge in [0, 0.05) is 12.6 Å². The van der Waals surface area contributed by atoms with Gasteiger partial charge in [-0.25, -0.2) is 8.42 Å². The summed E-state index contributed by atoms with van der Waals surface area (Å²) in [5, 5.41) is 3.14. The van der Waals surface area contributed by atoms with Crippen molar-refractivity contribution < 1.29 is 13.2 Å². The first-order valence-corrected chi connectivity index (χ1v) is 11.2. The molecule has 30 heavy (non-hydrogen) atoms. The third kappa shape index (κ3) is 6.20. The zero-order chi connectivity index (χ0) is 21.4. The SMILES string of the molecule is O=C(/C=C/c1ccc(S(=O)(=O)Nc2ccccc2Cl)cc1)NCCc1ccccc1. The zero-order valence-electron chi connectivity index (χ0n) is 16.1. The molecule has 2 N–H and O–H groups in total. The van der Waals surface area contributed by atoms with E-state index in [-0.39, 0.29) is 10.8 Å². The molecule has 0 saturated carbocycles. The molecule has 0 aliphatic heterocycles. The van der Waals surface area contributed by atoms with Crippen LogP contribution in [0.4, 0.5) is 5.69 Å². The first-order chi connectivity index (χ1) is 14.4. The lowest BCUT2D eigenvalue weighted by Gasteiger charge is -2.09. The Kier molecular flexibility index (Phi) is 7.27. The van der Waals surface area contributed by atoms with Crippen LogP contribution in [-0.2, 0) is 21.2 Å². The first-order valence-electron chi connectivity index (χ1n) is 9.31. The summed E-state index contributed by atoms with van der Waals surface area (Å²) in [7, 11) is -3.76. The van der Waals surface area contributed by atoms with E-state index in [2.05, 4.69) is 10.0 Å². The Balaban J connectivity index is 1.55. The second-order valence-corrected chi connectivity index (χ2v) is 8.60. The molecule has 0 aliphatic rings. The number of carbonyl (C=O) groups is 1. The van der Waals surface area contributed by atoms with Gasteiger partial charge in [0.1, 0.15) is 0 Å². The highest BCUT2D eigenvalue weighted by Crippen LogP contribution is 2.24. The van der Waals surface area contributed by atoms with Gasteiger partial charge in [-0.3, -0.25) is 9.52 Å². The number of amides is 1. The zero-order valence-corrected chi connectivity index (χ0v) is 17.7. The van der Waals surface area contributed by atoms with Crippen LogP contribution in [0.5, 0.6) is 0 Å². The average Bonchev–Trinajstić information content (AvgIpc) is 2.75. The molecule has 0 aliphatic carbocycles. The predicted octanol–water partition coefficient (Wildman–Crippen LogP) is 4.51. The van der Waals surface area contributed by atoms with Crippen molar-refractivity contribution in [1.29, 1.82) is 0 Å². The van der Waals surface area contributed by atoms with Crippen LogP contribution in [-0.4, -0.2) is 20.9 Å². The van der Waals surface area contributed by atoms with Gasteiger partial charge in [-0.05, 0) is 47.9 Å². The molecule has 0 atom stereocenters. The molecular formula is C23H21ClN2O3S. The third-order valence-corrected chi connectivity index (χ3v) is 6.00. The smallest absolute Gasteiger partial charge is 0.261 e. The highest BCUT2D eigenvalue weighted by molar-refractivity contribution is 7.92. The molecular weight excluding hydrogens is 420 g/mol. The molecule has 1 amide bonds. The summed E-state index contributed by atoms with van der Waals surface area (Å²) in [6, 6.07) is 22.7. The highest BCUT2D eigenvalue weighted by Gasteiger charge is 2.15. The van der Waals surface area contributed by atoms with Crippen LogP contribution >= 0.6 is 11.6 Å². The Bertz CT molecular complexity index is 1130. The van der Waals surface area contributed by atoms with Gasteiger partial charge in [-0.2, -0.15) is 0 Å². The van der Waals surface area contributed by atoms with Crippen LogP contribution in [0.2, 0.25) is 5.02 Å². The Morgan fingerprint density at radius 1 is 0.900 bits per heavy atom. The van der Waals surface area contributed by atoms with E-state index in [1.54, 1.807) is 42.5 Å². The minimum Gasteiger partial charge on any atom is -0.352 e. The first kappa shape index (κ1) is 21.6. The van der Waals surface area contributed by atoms with Gasteiger partial charge < -0.3 is 5.32 Å². The molecule has 0 unspecified atom stereocenters. The van der Waals surface area contributed by atoms with E-state index >= 15 is 0 Å². The standard InChI is InChI=1S/C23H21ClN2O3S/c24-21-8-4-5-9-22(21)26-30(28,29)20-13-10-19(11-14-20)12-15-23(27)25-17-16-18-6-2-1-3-7-18/h1-15,26H,16-17H2,(H,25,27)/b15-12+. The lowest BCUT2D eigenvalue weighted by atomic mass is 10.1. The number of para-hydroxylation sites is 1. The summed E-state index contributed by atoms with van der Waals surface area (Å²) in [5.41, 5.74) is 2.18. The third-order valence-electron chi connectivity index (χ3n) is 4.29. The van der Waals surface area contributed by atoms with Crippen LogP contribution < -0.4 is 10.0 Å². The van der Waals surface area contributed by atoms with Gasteiger partial charge >= 0.3 is 0 Å². The van der Waals surface area contributed by atoms with E-state index in [4.69, 9.17) is 11.6 Å². The number of nitrogens with one attached hydrogen (secondary N) is 2. The summed E-state index contributed by atoms with van der Waals surface area (Å²) < 4.78 is 27.5. The molecule has 7 heteroatoms. The van der Waals surface area contributed by atoms with Crippen LogP contribution in [0, 0.1) is 0 Å². The molecule has 154 valence electrons. The number of hydrogen-bond donors (Lipinski definition) is 2. The maximum atomic E-state index is 12.5. The molecule has 3 aromatic rings. The van der Waals surface area contributed by atoms with E-state index in [0.717, 1.165) is 12.0 Å². The fourth-order valence-electron chi connectivity index (χ4n) is 2.71. The van der Waals surface area contributed by atoms with E-state index < -0.39 is 10.0 Å². The van der Waals surface area contributed by atoms with E-state index in [1.165, 1.54) is 18.2 Å². The Labute approximate surface area is 181 Å². The van der Waals surface area contributed by atoms with Gasteiger partial charge in [-0.1, -0.05) is 66.2 Å². The van der Waals surface area contributed by atoms with Crippen molar-refractivity contribution in [3.05, 3.63) is 101 Å². The van der Waals surface area contributed by atoms with E-state index in [1.807, 2.05) is 30.3 Å². The van der Waals surface area contributed by atoms with Gasteiger partial charge in [0.05, 0.1) is 15.6 Å². The summed E-state index contributed by atoms with van der Waals surface area (Å²) in [5.74, 6) is -0.206. The topological polar surface area (TPSA) is 75.3 Å². The van der Waals surface area contributed by atoms with Gasteiger partial charge in [0.25, 0.3) is 10.0 Å². The van der Waals surface area contributed by atoms with Crippen LogP contribution in [0.25, 0.3) is 6.08 Å². The van der Waals surface area contributed by atoms with Crippen molar-refractivity contribution >= 4 is 39.3 Å². The fraction of sp³-hybridized carbons (Fsp3) is 0.0870. The number of sulfonamides is 1. The number of hydrogen-bond acceptors (Lipinski definition) is 3. The highest BCUT2D eigenvalue weighted by atomic mass is 35.5. The molecule has 0 saturated heterocycles. The predicted molar refractivity (Wildman–Crippen MR) is 121 cm³/mol. The van der Waals surface area contributed by atoms with Crippen molar-refractivity contribution in [3.63, 3.8) is 0 Å². The molecule has 3 aromatic carbocycles. The molecule has 0 heterocycles. The number of rotatable bonds is 8. The Morgan fingerprint density at radius 2 is 1.57 bits per heavy atom. The average molecular weight is 441 g/mol. The number of benzene rings is 3. The van der Waals surface area contributed by atoms with E-state index in [0.29, 0.717) is 22.8 Å². The largest absolute Gasteiger partial charge is 0.352 e. The quantitative estimate of drug-likeness (QED) is 0.506. The lowest BCUT2D eigenvalue weighted by Crippen LogP contribution is -2.23. The molecule has 0 spiro atoms.